The van der Waals surface area contributed by atoms with Crippen LogP contribution in [-0.4, -0.2) is 39.2 Å². The van der Waals surface area contributed by atoms with Gasteiger partial charge in [0.15, 0.2) is 5.11 Å². The SMILES string of the molecule is CCOc1cccc(N2C(=O)C(=Cc3cccn3-c3ccc(C(=O)O)cc3)C(=O)NC2=S)c1. The van der Waals surface area contributed by atoms with E-state index in [1.165, 1.54) is 23.1 Å². The van der Waals surface area contributed by atoms with Gasteiger partial charge < -0.3 is 14.4 Å². The molecule has 33 heavy (non-hydrogen) atoms. The lowest BCUT2D eigenvalue weighted by atomic mass is 10.1. The van der Waals surface area contributed by atoms with Gasteiger partial charge in [-0.25, -0.2) is 4.79 Å². The van der Waals surface area contributed by atoms with Crippen molar-refractivity contribution < 1.29 is 24.2 Å². The van der Waals surface area contributed by atoms with Crippen molar-refractivity contribution >= 4 is 46.9 Å². The van der Waals surface area contributed by atoms with E-state index in [-0.39, 0.29) is 16.2 Å². The quantitative estimate of drug-likeness (QED) is 0.332. The molecular weight excluding hydrogens is 442 g/mol. The Bertz CT molecular complexity index is 1290. The number of nitrogens with one attached hydrogen (secondary N) is 1. The van der Waals surface area contributed by atoms with Crippen molar-refractivity contribution in [2.75, 3.05) is 11.5 Å². The maximum Gasteiger partial charge on any atom is 0.335 e. The van der Waals surface area contributed by atoms with Crippen LogP contribution in [-0.2, 0) is 9.59 Å². The number of hydrogen-bond acceptors (Lipinski definition) is 5. The topological polar surface area (TPSA) is 101 Å². The highest BCUT2D eigenvalue weighted by atomic mass is 32.1. The number of amides is 2. The Balaban J connectivity index is 1.70. The number of thiocarbonyl (C=S) groups is 1. The van der Waals surface area contributed by atoms with Gasteiger partial charge in [-0.2, -0.15) is 0 Å². The van der Waals surface area contributed by atoms with Crippen molar-refractivity contribution in [3.8, 4) is 11.4 Å². The fraction of sp³-hybridized carbons (Fsp3) is 0.0833. The van der Waals surface area contributed by atoms with E-state index >= 15 is 0 Å². The van der Waals surface area contributed by atoms with Crippen LogP contribution in [0.1, 0.15) is 23.0 Å². The second kappa shape index (κ2) is 9.09. The van der Waals surface area contributed by atoms with Crippen molar-refractivity contribution in [1.29, 1.82) is 0 Å². The predicted molar refractivity (Wildman–Crippen MR) is 127 cm³/mol. The third kappa shape index (κ3) is 4.39. The van der Waals surface area contributed by atoms with Crippen LogP contribution in [0, 0.1) is 0 Å². The molecule has 3 aromatic rings. The van der Waals surface area contributed by atoms with Crippen LogP contribution < -0.4 is 15.0 Å². The first-order valence-corrected chi connectivity index (χ1v) is 10.4. The summed E-state index contributed by atoms with van der Waals surface area (Å²) in [6.45, 7) is 2.32. The van der Waals surface area contributed by atoms with Crippen LogP contribution in [0.15, 0.2) is 72.4 Å². The molecule has 0 radical (unpaired) electrons. The monoisotopic (exact) mass is 461 g/mol. The van der Waals surface area contributed by atoms with Crippen molar-refractivity contribution in [1.82, 2.24) is 9.88 Å². The summed E-state index contributed by atoms with van der Waals surface area (Å²) in [6, 6.07) is 16.7. The number of aromatic carboxylic acids is 1. The first kappa shape index (κ1) is 22.0. The lowest BCUT2D eigenvalue weighted by Crippen LogP contribution is -2.54. The number of carboxylic acids is 1. The number of carboxylic acid groups (broad SMARTS) is 1. The van der Waals surface area contributed by atoms with Crippen molar-refractivity contribution in [2.24, 2.45) is 0 Å². The van der Waals surface area contributed by atoms with Crippen LogP contribution in [0.3, 0.4) is 0 Å². The van der Waals surface area contributed by atoms with Gasteiger partial charge in [0.25, 0.3) is 11.8 Å². The molecule has 0 atom stereocenters. The Labute approximate surface area is 194 Å². The number of ether oxygens (including phenoxy) is 1. The molecule has 2 aromatic carbocycles. The molecule has 166 valence electrons. The van der Waals surface area contributed by atoms with E-state index in [1.54, 1.807) is 59.3 Å². The zero-order chi connectivity index (χ0) is 23.5. The number of anilines is 1. The van der Waals surface area contributed by atoms with E-state index < -0.39 is 17.8 Å². The molecule has 4 rings (SSSR count). The number of carbonyl (C=O) groups excluding carboxylic acids is 2. The zero-order valence-corrected chi connectivity index (χ0v) is 18.3. The summed E-state index contributed by atoms with van der Waals surface area (Å²) in [5.41, 5.74) is 1.78. The average molecular weight is 461 g/mol. The predicted octanol–water partition coefficient (Wildman–Crippen LogP) is 3.41. The highest BCUT2D eigenvalue weighted by molar-refractivity contribution is 7.80. The van der Waals surface area contributed by atoms with E-state index in [0.717, 1.165) is 0 Å². The fourth-order valence-electron chi connectivity index (χ4n) is 3.43. The summed E-state index contributed by atoms with van der Waals surface area (Å²) in [4.78, 5) is 38.3. The summed E-state index contributed by atoms with van der Waals surface area (Å²) in [7, 11) is 0. The summed E-state index contributed by atoms with van der Waals surface area (Å²) in [6.07, 6.45) is 3.23. The number of carbonyl (C=O) groups is 3. The average Bonchev–Trinajstić information content (AvgIpc) is 3.25. The molecule has 0 spiro atoms. The molecule has 0 saturated carbocycles. The van der Waals surface area contributed by atoms with E-state index in [2.05, 4.69) is 5.32 Å². The molecule has 0 unspecified atom stereocenters. The Morgan fingerprint density at radius 1 is 1.09 bits per heavy atom. The second-order valence-corrected chi connectivity index (χ2v) is 7.43. The van der Waals surface area contributed by atoms with Crippen LogP contribution in [0.2, 0.25) is 0 Å². The van der Waals surface area contributed by atoms with Gasteiger partial charge in [0, 0.05) is 23.6 Å². The molecular formula is C24H19N3O5S. The molecule has 0 aliphatic carbocycles. The normalized spacial score (nSPS) is 15.0. The smallest absolute Gasteiger partial charge is 0.335 e. The molecule has 8 nitrogen and oxygen atoms in total. The lowest BCUT2D eigenvalue weighted by molar-refractivity contribution is -0.122. The number of benzene rings is 2. The maximum absolute atomic E-state index is 13.3. The van der Waals surface area contributed by atoms with Gasteiger partial charge in [-0.05, 0) is 73.7 Å². The number of hydrogen-bond donors (Lipinski definition) is 2. The lowest BCUT2D eigenvalue weighted by Gasteiger charge is -2.29. The van der Waals surface area contributed by atoms with Gasteiger partial charge in [-0.3, -0.25) is 19.8 Å². The Morgan fingerprint density at radius 3 is 2.55 bits per heavy atom. The molecule has 9 heteroatoms. The number of aromatic nitrogens is 1. The highest BCUT2D eigenvalue weighted by Crippen LogP contribution is 2.26. The van der Waals surface area contributed by atoms with Gasteiger partial charge in [-0.1, -0.05) is 6.07 Å². The first-order chi connectivity index (χ1) is 15.9. The molecule has 2 heterocycles. The van der Waals surface area contributed by atoms with Gasteiger partial charge in [0.2, 0.25) is 0 Å². The third-order valence-corrected chi connectivity index (χ3v) is 5.24. The van der Waals surface area contributed by atoms with Crippen molar-refractivity contribution in [3.63, 3.8) is 0 Å². The highest BCUT2D eigenvalue weighted by Gasteiger charge is 2.34. The van der Waals surface area contributed by atoms with E-state index in [0.29, 0.717) is 29.4 Å². The van der Waals surface area contributed by atoms with E-state index in [9.17, 15) is 14.4 Å². The van der Waals surface area contributed by atoms with Crippen LogP contribution in [0.4, 0.5) is 5.69 Å². The zero-order valence-electron chi connectivity index (χ0n) is 17.5. The van der Waals surface area contributed by atoms with Crippen molar-refractivity contribution in [3.05, 3.63) is 83.7 Å². The van der Waals surface area contributed by atoms with E-state index in [4.69, 9.17) is 22.1 Å². The minimum Gasteiger partial charge on any atom is -0.494 e. The van der Waals surface area contributed by atoms with Crippen molar-refractivity contribution in [2.45, 2.75) is 6.92 Å². The summed E-state index contributed by atoms with van der Waals surface area (Å²) >= 11 is 5.26. The number of rotatable bonds is 6. The molecule has 2 N–H and O–H groups in total. The first-order valence-electron chi connectivity index (χ1n) is 10.0. The van der Waals surface area contributed by atoms with Gasteiger partial charge in [-0.15, -0.1) is 0 Å². The Morgan fingerprint density at radius 2 is 1.85 bits per heavy atom. The molecule has 0 bridgehead atoms. The summed E-state index contributed by atoms with van der Waals surface area (Å²) in [5.74, 6) is -1.61. The molecule has 2 amide bonds. The summed E-state index contributed by atoms with van der Waals surface area (Å²) < 4.78 is 7.25. The second-order valence-electron chi connectivity index (χ2n) is 7.04. The van der Waals surface area contributed by atoms with E-state index in [1.807, 2.05) is 6.92 Å². The minimum absolute atomic E-state index is 0.0181. The van der Waals surface area contributed by atoms with Gasteiger partial charge in [0.1, 0.15) is 11.3 Å². The number of nitrogens with zero attached hydrogens (tertiary/aromatic N) is 2. The standard InChI is InChI=1S/C24H19N3O5S/c1-2-32-19-7-3-5-18(13-19)27-22(29)20(21(28)25-24(27)33)14-17-6-4-12-26(17)16-10-8-15(9-11-16)23(30)31/h3-14H,2H2,1H3,(H,30,31)(H,25,28,33). The maximum atomic E-state index is 13.3. The Hall–Kier alpha value is -4.24. The largest absolute Gasteiger partial charge is 0.494 e. The third-order valence-electron chi connectivity index (χ3n) is 4.95. The molecule has 1 aromatic heterocycles. The minimum atomic E-state index is -1.02. The molecule has 1 aliphatic rings. The molecule has 1 saturated heterocycles. The van der Waals surface area contributed by atoms with Crippen LogP contribution >= 0.6 is 12.2 Å². The van der Waals surface area contributed by atoms with Crippen LogP contribution in [0.25, 0.3) is 11.8 Å². The summed E-state index contributed by atoms with van der Waals surface area (Å²) in [5, 5.41) is 11.6. The Kier molecular flexibility index (Phi) is 6.05. The van der Waals surface area contributed by atoms with Crippen LogP contribution in [0.5, 0.6) is 5.75 Å². The fourth-order valence-corrected chi connectivity index (χ4v) is 3.71. The van der Waals surface area contributed by atoms with Gasteiger partial charge in [0.05, 0.1) is 17.9 Å². The molecule has 1 fully saturated rings. The van der Waals surface area contributed by atoms with Gasteiger partial charge >= 0.3 is 5.97 Å². The molecule has 1 aliphatic heterocycles.